The maximum absolute atomic E-state index is 12.4. The molecule has 1 unspecified atom stereocenters. The van der Waals surface area contributed by atoms with Crippen molar-refractivity contribution in [3.63, 3.8) is 0 Å². The fraction of sp³-hybridized carbons (Fsp3) is 0.462. The van der Waals surface area contributed by atoms with E-state index in [2.05, 4.69) is 50.1 Å². The molecule has 0 N–H and O–H groups in total. The van der Waals surface area contributed by atoms with Crippen LogP contribution in [0.5, 0.6) is 0 Å². The molecular formula is C26H35N3O2. The summed E-state index contributed by atoms with van der Waals surface area (Å²) in [6.45, 7) is 7.01. The number of rotatable bonds is 8. The number of likely N-dealkylation sites (N-methyl/N-ethyl adjacent to an activating group) is 2. The zero-order chi connectivity index (χ0) is 22.4. The maximum Gasteiger partial charge on any atom is 0.246 e. The van der Waals surface area contributed by atoms with E-state index in [1.165, 1.54) is 5.56 Å². The van der Waals surface area contributed by atoms with E-state index in [0.29, 0.717) is 6.54 Å². The SMILES string of the molecule is CCCCc1ccc(C2O[C@@H](c3ccccc3)[C@H](C)N2C)c(/C=C/C(=O)N(C)CC)n1. The number of unbranched alkanes of at least 4 members (excludes halogenated alkanes) is 1. The van der Waals surface area contributed by atoms with Gasteiger partial charge in [0.05, 0.1) is 5.69 Å². The van der Waals surface area contributed by atoms with Crippen LogP contribution >= 0.6 is 0 Å². The van der Waals surface area contributed by atoms with Crippen molar-refractivity contribution >= 4 is 12.0 Å². The number of benzene rings is 1. The van der Waals surface area contributed by atoms with Gasteiger partial charge in [0.25, 0.3) is 0 Å². The van der Waals surface area contributed by atoms with Gasteiger partial charge >= 0.3 is 0 Å². The summed E-state index contributed by atoms with van der Waals surface area (Å²) in [7, 11) is 3.89. The third kappa shape index (κ3) is 5.41. The molecule has 31 heavy (non-hydrogen) atoms. The van der Waals surface area contributed by atoms with Crippen molar-refractivity contribution in [1.82, 2.24) is 14.8 Å². The average Bonchev–Trinajstić information content (AvgIpc) is 3.10. The number of amides is 1. The predicted octanol–water partition coefficient (Wildman–Crippen LogP) is 5.01. The summed E-state index contributed by atoms with van der Waals surface area (Å²) in [6, 6.07) is 14.8. The molecule has 0 aliphatic carbocycles. The second kappa shape index (κ2) is 10.7. The molecule has 0 saturated carbocycles. The second-order valence-electron chi connectivity index (χ2n) is 8.29. The Labute approximate surface area is 186 Å². The molecule has 5 heteroatoms. The first-order chi connectivity index (χ1) is 15.0. The summed E-state index contributed by atoms with van der Waals surface area (Å²) in [5, 5.41) is 0. The normalized spacial score (nSPS) is 21.6. The minimum atomic E-state index is -0.216. The molecule has 0 spiro atoms. The van der Waals surface area contributed by atoms with Crippen molar-refractivity contribution in [1.29, 1.82) is 0 Å². The van der Waals surface area contributed by atoms with Gasteiger partial charge in [-0.25, -0.2) is 0 Å². The van der Waals surface area contributed by atoms with Gasteiger partial charge in [0.1, 0.15) is 12.3 Å². The minimum Gasteiger partial charge on any atom is -0.349 e. The van der Waals surface area contributed by atoms with Crippen molar-refractivity contribution in [2.45, 2.75) is 58.4 Å². The highest BCUT2D eigenvalue weighted by Gasteiger charge is 2.39. The highest BCUT2D eigenvalue weighted by Crippen LogP contribution is 2.42. The highest BCUT2D eigenvalue weighted by molar-refractivity contribution is 5.91. The summed E-state index contributed by atoms with van der Waals surface area (Å²) in [4.78, 5) is 21.2. The number of aromatic nitrogens is 1. The van der Waals surface area contributed by atoms with E-state index in [-0.39, 0.29) is 24.3 Å². The molecule has 1 aliphatic heterocycles. The Hall–Kier alpha value is -2.50. The van der Waals surface area contributed by atoms with Gasteiger partial charge in [-0.05, 0) is 51.4 Å². The monoisotopic (exact) mass is 421 g/mol. The fourth-order valence-corrected chi connectivity index (χ4v) is 3.87. The molecule has 1 aromatic heterocycles. The number of carbonyl (C=O) groups is 1. The molecule has 1 aliphatic rings. The van der Waals surface area contributed by atoms with Crippen LogP contribution in [0.3, 0.4) is 0 Å². The number of carbonyl (C=O) groups excluding carboxylic acids is 1. The van der Waals surface area contributed by atoms with E-state index in [0.717, 1.165) is 36.2 Å². The van der Waals surface area contributed by atoms with Gasteiger partial charge in [-0.15, -0.1) is 0 Å². The molecule has 2 aromatic rings. The summed E-state index contributed by atoms with van der Waals surface area (Å²) >= 11 is 0. The zero-order valence-corrected chi connectivity index (χ0v) is 19.4. The van der Waals surface area contributed by atoms with Gasteiger partial charge < -0.3 is 9.64 Å². The highest BCUT2D eigenvalue weighted by atomic mass is 16.5. The molecule has 1 amide bonds. The number of pyridine rings is 1. The largest absolute Gasteiger partial charge is 0.349 e. The fourth-order valence-electron chi connectivity index (χ4n) is 3.87. The van der Waals surface area contributed by atoms with Crippen LogP contribution in [0.25, 0.3) is 6.08 Å². The van der Waals surface area contributed by atoms with Crippen LogP contribution in [0, 0.1) is 0 Å². The first kappa shape index (κ1) is 23.2. The molecule has 1 fully saturated rings. The molecule has 166 valence electrons. The third-order valence-corrected chi connectivity index (χ3v) is 6.16. The number of ether oxygens (including phenoxy) is 1. The summed E-state index contributed by atoms with van der Waals surface area (Å²) in [5.74, 6) is -0.0227. The minimum absolute atomic E-state index is 0.0133. The number of hydrogen-bond acceptors (Lipinski definition) is 4. The van der Waals surface area contributed by atoms with Crippen molar-refractivity contribution in [2.75, 3.05) is 20.6 Å². The standard InChI is InChI=1S/C26H35N3O2/c1-6-8-14-21-15-16-22(23(27-21)17-18-24(30)28(4)7-2)26-29(5)19(3)25(31-26)20-12-10-9-11-13-20/h9-13,15-19,25-26H,6-8,14H2,1-5H3/b18-17+/t19-,25+,26?/m0/s1. The van der Waals surface area contributed by atoms with Crippen molar-refractivity contribution in [2.24, 2.45) is 0 Å². The quantitative estimate of drug-likeness (QED) is 0.562. The Bertz CT molecular complexity index is 897. The van der Waals surface area contributed by atoms with Crippen LogP contribution in [0.2, 0.25) is 0 Å². The Morgan fingerprint density at radius 2 is 1.94 bits per heavy atom. The molecular weight excluding hydrogens is 386 g/mol. The first-order valence-electron chi connectivity index (χ1n) is 11.3. The van der Waals surface area contributed by atoms with Gasteiger partial charge in [0.2, 0.25) is 5.91 Å². The molecule has 1 aromatic carbocycles. The Morgan fingerprint density at radius 1 is 1.19 bits per heavy atom. The van der Waals surface area contributed by atoms with E-state index < -0.39 is 0 Å². The number of nitrogens with zero attached hydrogens (tertiary/aromatic N) is 3. The second-order valence-corrected chi connectivity index (χ2v) is 8.29. The van der Waals surface area contributed by atoms with Gasteiger partial charge in [-0.3, -0.25) is 14.7 Å². The first-order valence-corrected chi connectivity index (χ1v) is 11.3. The smallest absolute Gasteiger partial charge is 0.246 e. The molecule has 3 atom stereocenters. The molecule has 0 bridgehead atoms. The Balaban J connectivity index is 1.93. The Morgan fingerprint density at radius 3 is 2.61 bits per heavy atom. The molecule has 1 saturated heterocycles. The lowest BCUT2D eigenvalue weighted by Gasteiger charge is -2.23. The van der Waals surface area contributed by atoms with Gasteiger partial charge in [0, 0.05) is 37.0 Å². The van der Waals surface area contributed by atoms with Crippen molar-refractivity contribution in [3.05, 3.63) is 71.1 Å². The number of aryl methyl sites for hydroxylation is 1. The van der Waals surface area contributed by atoms with Gasteiger partial charge in [-0.2, -0.15) is 0 Å². The lowest BCUT2D eigenvalue weighted by molar-refractivity contribution is -0.124. The summed E-state index contributed by atoms with van der Waals surface area (Å²) in [5.41, 5.74) is 4.03. The Kier molecular flexibility index (Phi) is 7.99. The summed E-state index contributed by atoms with van der Waals surface area (Å²) < 4.78 is 6.55. The van der Waals surface area contributed by atoms with Crippen LogP contribution in [-0.4, -0.2) is 47.4 Å². The van der Waals surface area contributed by atoms with Crippen LogP contribution < -0.4 is 0 Å². The molecule has 5 nitrogen and oxygen atoms in total. The van der Waals surface area contributed by atoms with Gasteiger partial charge in [0.15, 0.2) is 0 Å². The van der Waals surface area contributed by atoms with E-state index >= 15 is 0 Å². The van der Waals surface area contributed by atoms with Crippen LogP contribution in [0.15, 0.2) is 48.5 Å². The van der Waals surface area contributed by atoms with Crippen molar-refractivity contribution in [3.8, 4) is 0 Å². The van der Waals surface area contributed by atoms with E-state index in [1.807, 2.05) is 31.2 Å². The lowest BCUT2D eigenvalue weighted by atomic mass is 10.0. The average molecular weight is 422 g/mol. The van der Waals surface area contributed by atoms with E-state index in [4.69, 9.17) is 9.72 Å². The summed E-state index contributed by atoms with van der Waals surface area (Å²) in [6.07, 6.45) is 6.39. The number of hydrogen-bond donors (Lipinski definition) is 0. The van der Waals surface area contributed by atoms with Gasteiger partial charge in [-0.1, -0.05) is 49.7 Å². The van der Waals surface area contributed by atoms with Crippen LogP contribution in [0.1, 0.15) is 68.5 Å². The third-order valence-electron chi connectivity index (χ3n) is 6.16. The van der Waals surface area contributed by atoms with Crippen LogP contribution in [-0.2, 0) is 16.0 Å². The molecule has 3 rings (SSSR count). The maximum atomic E-state index is 12.4. The molecule has 2 heterocycles. The van der Waals surface area contributed by atoms with Crippen molar-refractivity contribution < 1.29 is 9.53 Å². The van der Waals surface area contributed by atoms with Crippen LogP contribution in [0.4, 0.5) is 0 Å². The van der Waals surface area contributed by atoms with E-state index in [1.54, 1.807) is 18.0 Å². The zero-order valence-electron chi connectivity index (χ0n) is 19.4. The molecule has 0 radical (unpaired) electrons. The lowest BCUT2D eigenvalue weighted by Crippen LogP contribution is -2.27. The predicted molar refractivity (Wildman–Crippen MR) is 125 cm³/mol. The van der Waals surface area contributed by atoms with E-state index in [9.17, 15) is 4.79 Å². The topological polar surface area (TPSA) is 45.7 Å².